The van der Waals surface area contributed by atoms with Gasteiger partial charge in [-0.1, -0.05) is 0 Å². The van der Waals surface area contributed by atoms with Crippen molar-refractivity contribution in [2.75, 3.05) is 5.32 Å². The molecule has 1 amide bonds. The summed E-state index contributed by atoms with van der Waals surface area (Å²) in [5.74, 6) is -2.41. The van der Waals surface area contributed by atoms with Gasteiger partial charge in [0.1, 0.15) is 22.9 Å². The number of carbonyl (C=O) groups excluding carboxylic acids is 1. The van der Waals surface area contributed by atoms with Gasteiger partial charge in [0.25, 0.3) is 5.91 Å². The van der Waals surface area contributed by atoms with Crippen molar-refractivity contribution in [3.8, 4) is 0 Å². The van der Waals surface area contributed by atoms with E-state index in [1.54, 1.807) is 0 Å². The van der Waals surface area contributed by atoms with E-state index in [9.17, 15) is 26.7 Å². The van der Waals surface area contributed by atoms with Crippen LogP contribution in [0.4, 0.5) is 27.6 Å². The number of carbonyl (C=O) groups is 1. The van der Waals surface area contributed by atoms with Crippen LogP contribution in [0.1, 0.15) is 34.5 Å². The van der Waals surface area contributed by atoms with Crippen LogP contribution < -0.4 is 11.1 Å². The lowest BCUT2D eigenvalue weighted by atomic mass is 9.90. The maximum atomic E-state index is 14.7. The van der Waals surface area contributed by atoms with Crippen molar-refractivity contribution < 1.29 is 26.7 Å². The number of benzene rings is 1. The summed E-state index contributed by atoms with van der Waals surface area (Å²) < 4.78 is 68.0. The molecule has 3 aromatic rings. The zero-order valence-corrected chi connectivity index (χ0v) is 16.4. The number of nitrogens with zero attached hydrogens (tertiary/aromatic N) is 4. The minimum absolute atomic E-state index is 0.00164. The molecule has 3 heterocycles. The molecule has 0 unspecified atom stereocenters. The highest BCUT2D eigenvalue weighted by atomic mass is 19.4. The zero-order chi connectivity index (χ0) is 23.3. The minimum Gasteiger partial charge on any atom is -0.381 e. The highest BCUT2D eigenvalue weighted by molar-refractivity contribution is 6.02. The summed E-state index contributed by atoms with van der Waals surface area (Å²) in [6.07, 6.45) is -3.01. The van der Waals surface area contributed by atoms with Crippen LogP contribution in [0.25, 0.3) is 0 Å². The molecule has 0 fully saturated rings. The van der Waals surface area contributed by atoms with Crippen LogP contribution in [-0.2, 0) is 18.3 Å². The summed E-state index contributed by atoms with van der Waals surface area (Å²) in [6.45, 7) is 1.33. The first-order chi connectivity index (χ1) is 15.0. The van der Waals surface area contributed by atoms with Crippen LogP contribution in [0, 0.1) is 11.6 Å². The quantitative estimate of drug-likeness (QED) is 0.597. The molecule has 1 aliphatic heterocycles. The van der Waals surface area contributed by atoms with E-state index >= 15 is 0 Å². The number of fused-ring (bicyclic) bond motifs is 1. The number of imidazole rings is 1. The van der Waals surface area contributed by atoms with E-state index in [2.05, 4.69) is 20.3 Å². The van der Waals surface area contributed by atoms with E-state index in [0.717, 1.165) is 29.1 Å². The van der Waals surface area contributed by atoms with Crippen molar-refractivity contribution in [2.24, 2.45) is 10.7 Å². The monoisotopic (exact) mass is 450 g/mol. The van der Waals surface area contributed by atoms with Crippen molar-refractivity contribution in [1.29, 1.82) is 0 Å². The summed E-state index contributed by atoms with van der Waals surface area (Å²) in [7, 11) is 0. The number of hydrogen-bond acceptors (Lipinski definition) is 5. The molecule has 32 heavy (non-hydrogen) atoms. The molecular formula is C20H15F5N6O. The highest BCUT2D eigenvalue weighted by Crippen LogP contribution is 2.36. The van der Waals surface area contributed by atoms with Crippen molar-refractivity contribution in [1.82, 2.24) is 14.5 Å². The van der Waals surface area contributed by atoms with E-state index < -0.39 is 35.0 Å². The number of aromatic nitrogens is 3. The topological polar surface area (TPSA) is 98.2 Å². The Labute approximate surface area is 177 Å². The normalized spacial score (nSPS) is 18.1. The maximum absolute atomic E-state index is 14.7. The van der Waals surface area contributed by atoms with Gasteiger partial charge in [0.2, 0.25) is 0 Å². The highest BCUT2D eigenvalue weighted by Gasteiger charge is 2.40. The lowest BCUT2D eigenvalue weighted by Gasteiger charge is -2.31. The number of nitrogens with one attached hydrogen (secondary N) is 1. The molecule has 0 saturated heterocycles. The molecule has 0 bridgehead atoms. The van der Waals surface area contributed by atoms with Crippen LogP contribution in [-0.4, -0.2) is 26.3 Å². The third kappa shape index (κ3) is 3.90. The Bertz CT molecular complexity index is 1230. The number of amides is 1. The van der Waals surface area contributed by atoms with E-state index in [1.165, 1.54) is 25.1 Å². The Kier molecular flexibility index (Phi) is 4.94. The predicted octanol–water partition coefficient (Wildman–Crippen LogP) is 3.46. The van der Waals surface area contributed by atoms with Gasteiger partial charge in [0.15, 0.2) is 17.4 Å². The Morgan fingerprint density at radius 3 is 2.62 bits per heavy atom. The van der Waals surface area contributed by atoms with Gasteiger partial charge in [-0.2, -0.15) is 13.2 Å². The van der Waals surface area contributed by atoms with Crippen molar-refractivity contribution in [3.63, 3.8) is 0 Å². The lowest BCUT2D eigenvalue weighted by Crippen LogP contribution is -2.37. The Morgan fingerprint density at radius 2 is 1.97 bits per heavy atom. The number of alkyl halides is 3. The second kappa shape index (κ2) is 7.39. The van der Waals surface area contributed by atoms with Crippen LogP contribution in [0.2, 0.25) is 0 Å². The first-order valence-corrected chi connectivity index (χ1v) is 9.19. The van der Waals surface area contributed by atoms with Crippen molar-refractivity contribution >= 4 is 17.4 Å². The number of amidine groups is 1. The molecule has 4 rings (SSSR count). The molecule has 0 spiro atoms. The van der Waals surface area contributed by atoms with Crippen molar-refractivity contribution in [3.05, 3.63) is 77.1 Å². The fourth-order valence-corrected chi connectivity index (χ4v) is 3.43. The second-order valence-corrected chi connectivity index (χ2v) is 7.36. The van der Waals surface area contributed by atoms with Gasteiger partial charge >= 0.3 is 6.18 Å². The molecule has 0 aliphatic carbocycles. The molecule has 1 atom stereocenters. The van der Waals surface area contributed by atoms with Gasteiger partial charge in [-0.05, 0) is 37.3 Å². The summed E-state index contributed by atoms with van der Waals surface area (Å²) in [5, 5.41) is 2.52. The van der Waals surface area contributed by atoms with Gasteiger partial charge in [-0.25, -0.2) is 18.7 Å². The first kappa shape index (κ1) is 21.4. The largest absolute Gasteiger partial charge is 0.434 e. The molecule has 0 radical (unpaired) electrons. The molecule has 2 aromatic heterocycles. The standard InChI is InChI=1S/C20H15F5N6O/c1-19(9-31-8-15(20(23,24)25)29-17(31)16(26)30-19)12-6-11(3-4-13(12)22)28-18(32)14-5-2-10(21)7-27-14/h2-8H,9H2,1H3,(H2,26,30)(H,28,32)/t19-/m0/s1. The number of pyridine rings is 1. The van der Waals surface area contributed by atoms with E-state index in [1.807, 2.05) is 0 Å². The van der Waals surface area contributed by atoms with Gasteiger partial charge in [0.05, 0.1) is 12.7 Å². The first-order valence-electron chi connectivity index (χ1n) is 9.19. The van der Waals surface area contributed by atoms with Gasteiger partial charge in [0, 0.05) is 17.4 Å². The van der Waals surface area contributed by atoms with Gasteiger partial charge in [-0.3, -0.25) is 9.79 Å². The molecule has 12 heteroatoms. The number of nitrogens with two attached hydrogens (primary N) is 1. The zero-order valence-electron chi connectivity index (χ0n) is 16.4. The Morgan fingerprint density at radius 1 is 1.22 bits per heavy atom. The second-order valence-electron chi connectivity index (χ2n) is 7.36. The van der Waals surface area contributed by atoms with E-state index in [4.69, 9.17) is 5.73 Å². The predicted molar refractivity (Wildman–Crippen MR) is 104 cm³/mol. The smallest absolute Gasteiger partial charge is 0.381 e. The molecular weight excluding hydrogens is 435 g/mol. The molecule has 1 aromatic carbocycles. The molecule has 7 nitrogen and oxygen atoms in total. The van der Waals surface area contributed by atoms with E-state index in [-0.39, 0.29) is 35.1 Å². The Hall–Kier alpha value is -3.83. The fraction of sp³-hybridized carbons (Fsp3) is 0.200. The van der Waals surface area contributed by atoms with Crippen LogP contribution in [0.15, 0.2) is 47.7 Å². The van der Waals surface area contributed by atoms with Crippen LogP contribution in [0.3, 0.4) is 0 Å². The third-order valence-corrected chi connectivity index (χ3v) is 4.91. The molecule has 3 N–H and O–H groups in total. The van der Waals surface area contributed by atoms with E-state index in [0.29, 0.717) is 0 Å². The SMILES string of the molecule is C[C@@]1(c2cc(NC(=O)c3ccc(F)cn3)ccc2F)Cn2cc(C(F)(F)F)nc2C(N)=N1. The maximum Gasteiger partial charge on any atom is 0.434 e. The van der Waals surface area contributed by atoms with Crippen LogP contribution in [0.5, 0.6) is 0 Å². The molecule has 166 valence electrons. The molecule has 0 saturated carbocycles. The van der Waals surface area contributed by atoms with Crippen LogP contribution >= 0.6 is 0 Å². The summed E-state index contributed by atoms with van der Waals surface area (Å²) in [6, 6.07) is 5.94. The number of rotatable bonds is 3. The average molecular weight is 450 g/mol. The van der Waals surface area contributed by atoms with Gasteiger partial charge < -0.3 is 15.6 Å². The van der Waals surface area contributed by atoms with Gasteiger partial charge in [-0.15, -0.1) is 0 Å². The molecule has 1 aliphatic rings. The van der Waals surface area contributed by atoms with Crippen molar-refractivity contribution in [2.45, 2.75) is 25.2 Å². The number of anilines is 1. The summed E-state index contributed by atoms with van der Waals surface area (Å²) >= 11 is 0. The Balaban J connectivity index is 1.66. The summed E-state index contributed by atoms with van der Waals surface area (Å²) in [4.78, 5) is 23.7. The number of hydrogen-bond donors (Lipinski definition) is 2. The number of halogens is 5. The fourth-order valence-electron chi connectivity index (χ4n) is 3.43. The number of aliphatic imine (C=N–C) groups is 1. The third-order valence-electron chi connectivity index (χ3n) is 4.91. The minimum atomic E-state index is -4.68. The lowest BCUT2D eigenvalue weighted by molar-refractivity contribution is -0.141. The average Bonchev–Trinajstić information content (AvgIpc) is 3.14. The summed E-state index contributed by atoms with van der Waals surface area (Å²) in [5.41, 5.74) is 3.44.